The van der Waals surface area contributed by atoms with Crippen molar-refractivity contribution in [2.24, 2.45) is 5.73 Å². The molecule has 3 rings (SSSR count). The van der Waals surface area contributed by atoms with Gasteiger partial charge in [-0.15, -0.1) is 23.7 Å². The number of carbonyl (C=O) groups excluding carboxylic acids is 2. The third-order valence-electron chi connectivity index (χ3n) is 4.51. The Morgan fingerprint density at radius 1 is 1.28 bits per heavy atom. The van der Waals surface area contributed by atoms with E-state index >= 15 is 0 Å². The summed E-state index contributed by atoms with van der Waals surface area (Å²) >= 11 is 1.60. The third kappa shape index (κ3) is 4.51. The lowest BCUT2D eigenvalue weighted by Gasteiger charge is -2.36. The second kappa shape index (κ2) is 9.17. The monoisotopic (exact) mass is 381 g/mol. The molecule has 25 heavy (non-hydrogen) atoms. The molecule has 2 heterocycles. The van der Waals surface area contributed by atoms with E-state index in [-0.39, 0.29) is 30.3 Å². The van der Waals surface area contributed by atoms with Crippen LogP contribution in [0.2, 0.25) is 0 Å². The highest BCUT2D eigenvalue weighted by Crippen LogP contribution is 2.28. The van der Waals surface area contributed by atoms with E-state index in [0.29, 0.717) is 19.5 Å². The van der Waals surface area contributed by atoms with E-state index in [1.54, 1.807) is 11.3 Å². The van der Waals surface area contributed by atoms with E-state index in [1.165, 1.54) is 0 Å². The molecule has 1 aromatic carbocycles. The number of thiophene rings is 1. The van der Waals surface area contributed by atoms with Gasteiger partial charge in [0.2, 0.25) is 5.91 Å². The molecule has 0 spiro atoms. The lowest BCUT2D eigenvalue weighted by atomic mass is 10.0. The van der Waals surface area contributed by atoms with Gasteiger partial charge in [-0.2, -0.15) is 0 Å². The summed E-state index contributed by atoms with van der Waals surface area (Å²) in [5, 5.41) is 5.88. The minimum atomic E-state index is -0.0449. The van der Waals surface area contributed by atoms with Gasteiger partial charge in [-0.05, 0) is 25.3 Å². The van der Waals surface area contributed by atoms with Gasteiger partial charge in [0, 0.05) is 47.6 Å². The van der Waals surface area contributed by atoms with E-state index < -0.39 is 0 Å². The predicted molar refractivity (Wildman–Crippen MR) is 104 cm³/mol. The first-order valence-electron chi connectivity index (χ1n) is 8.44. The Bertz CT molecular complexity index is 734. The van der Waals surface area contributed by atoms with Gasteiger partial charge in [-0.1, -0.05) is 18.2 Å². The van der Waals surface area contributed by atoms with Gasteiger partial charge in [0.1, 0.15) is 0 Å². The van der Waals surface area contributed by atoms with Crippen LogP contribution in [0.25, 0.3) is 10.1 Å². The van der Waals surface area contributed by atoms with Crippen LogP contribution in [-0.4, -0.2) is 42.4 Å². The van der Waals surface area contributed by atoms with Crippen LogP contribution < -0.4 is 11.1 Å². The summed E-state index contributed by atoms with van der Waals surface area (Å²) < 4.78 is 1.13. The number of carbonyl (C=O) groups is 2. The maximum Gasteiger partial charge on any atom is 0.255 e. The van der Waals surface area contributed by atoms with Crippen molar-refractivity contribution in [3.8, 4) is 0 Å². The highest BCUT2D eigenvalue weighted by atomic mass is 35.5. The van der Waals surface area contributed by atoms with Crippen molar-refractivity contribution in [2.45, 2.75) is 31.7 Å². The van der Waals surface area contributed by atoms with Crippen molar-refractivity contribution >= 4 is 45.6 Å². The van der Waals surface area contributed by atoms with Gasteiger partial charge >= 0.3 is 0 Å². The summed E-state index contributed by atoms with van der Waals surface area (Å²) in [5.74, 6) is 0.0293. The zero-order valence-electron chi connectivity index (χ0n) is 14.1. The van der Waals surface area contributed by atoms with Crippen molar-refractivity contribution in [1.82, 2.24) is 10.2 Å². The molecule has 136 valence electrons. The Morgan fingerprint density at radius 3 is 2.88 bits per heavy atom. The second-order valence-electron chi connectivity index (χ2n) is 6.14. The lowest BCUT2D eigenvalue weighted by molar-refractivity contribution is -0.121. The van der Waals surface area contributed by atoms with E-state index in [2.05, 4.69) is 5.32 Å². The van der Waals surface area contributed by atoms with Gasteiger partial charge in [0.25, 0.3) is 5.91 Å². The Balaban J connectivity index is 0.00000225. The maximum atomic E-state index is 13.1. The molecule has 1 aliphatic rings. The van der Waals surface area contributed by atoms with Gasteiger partial charge in [-0.25, -0.2) is 0 Å². The smallest absolute Gasteiger partial charge is 0.255 e. The maximum absolute atomic E-state index is 13.1. The van der Waals surface area contributed by atoms with Crippen molar-refractivity contribution in [2.75, 3.05) is 19.6 Å². The van der Waals surface area contributed by atoms with Crippen LogP contribution in [0, 0.1) is 0 Å². The standard InChI is InChI=1S/C18H23N3O2S.ClH/c19-9-8-17(22)20-11-13-5-3-4-10-21(13)18(23)15-12-24-16-7-2-1-6-14(15)16;/h1-2,6-7,12-13H,3-5,8-11,19H2,(H,20,22);1H. The van der Waals surface area contributed by atoms with Crippen molar-refractivity contribution in [3.63, 3.8) is 0 Å². The summed E-state index contributed by atoms with van der Waals surface area (Å²) in [6, 6.07) is 8.06. The number of halogens is 1. The Kier molecular flexibility index (Phi) is 7.23. The molecule has 1 fully saturated rings. The van der Waals surface area contributed by atoms with Crippen molar-refractivity contribution < 1.29 is 9.59 Å². The minimum absolute atomic E-state index is 0. The summed E-state index contributed by atoms with van der Waals surface area (Å²) in [7, 11) is 0. The summed E-state index contributed by atoms with van der Waals surface area (Å²) in [5.41, 5.74) is 6.18. The van der Waals surface area contributed by atoms with E-state index in [0.717, 1.165) is 41.5 Å². The Morgan fingerprint density at radius 2 is 2.08 bits per heavy atom. The molecule has 0 aliphatic carbocycles. The normalized spacial score (nSPS) is 17.2. The first-order valence-corrected chi connectivity index (χ1v) is 9.32. The number of nitrogens with one attached hydrogen (secondary N) is 1. The van der Waals surface area contributed by atoms with Gasteiger partial charge in [0.05, 0.1) is 5.56 Å². The number of hydrogen-bond acceptors (Lipinski definition) is 4. The van der Waals surface area contributed by atoms with Crippen LogP contribution in [0.3, 0.4) is 0 Å². The summed E-state index contributed by atoms with van der Waals surface area (Å²) in [6.07, 6.45) is 3.36. The van der Waals surface area contributed by atoms with Crippen molar-refractivity contribution in [1.29, 1.82) is 0 Å². The largest absolute Gasteiger partial charge is 0.354 e. The molecular weight excluding hydrogens is 358 g/mol. The molecule has 3 N–H and O–H groups in total. The molecule has 1 atom stereocenters. The molecule has 2 amide bonds. The van der Waals surface area contributed by atoms with Crippen molar-refractivity contribution in [3.05, 3.63) is 35.2 Å². The number of rotatable bonds is 5. The number of nitrogens with zero attached hydrogens (tertiary/aromatic N) is 1. The highest BCUT2D eigenvalue weighted by Gasteiger charge is 2.29. The second-order valence-corrected chi connectivity index (χ2v) is 7.05. The molecule has 0 bridgehead atoms. The first kappa shape index (κ1) is 19.7. The number of nitrogens with two attached hydrogens (primary N) is 1. The van der Waals surface area contributed by atoms with Gasteiger partial charge in [0.15, 0.2) is 0 Å². The minimum Gasteiger partial charge on any atom is -0.354 e. The fourth-order valence-electron chi connectivity index (χ4n) is 3.23. The Hall–Kier alpha value is -1.63. The highest BCUT2D eigenvalue weighted by molar-refractivity contribution is 7.17. The number of benzene rings is 1. The van der Waals surface area contributed by atoms with Crippen LogP contribution in [-0.2, 0) is 4.79 Å². The van der Waals surface area contributed by atoms with Crippen LogP contribution in [0.1, 0.15) is 36.0 Å². The van der Waals surface area contributed by atoms with E-state index in [4.69, 9.17) is 5.73 Å². The molecule has 5 nitrogen and oxygen atoms in total. The number of amides is 2. The zero-order valence-corrected chi connectivity index (χ0v) is 15.7. The average Bonchev–Trinajstić information content (AvgIpc) is 3.04. The molecule has 7 heteroatoms. The predicted octanol–water partition coefficient (Wildman–Crippen LogP) is 2.78. The Labute approximate surface area is 158 Å². The van der Waals surface area contributed by atoms with E-state index in [9.17, 15) is 9.59 Å². The number of piperidine rings is 1. The zero-order chi connectivity index (χ0) is 16.9. The lowest BCUT2D eigenvalue weighted by Crippen LogP contribution is -2.49. The number of likely N-dealkylation sites (tertiary alicyclic amines) is 1. The number of hydrogen-bond donors (Lipinski definition) is 2. The van der Waals surface area contributed by atoms with Crippen LogP contribution in [0.5, 0.6) is 0 Å². The third-order valence-corrected chi connectivity index (χ3v) is 5.47. The van der Waals surface area contributed by atoms with Gasteiger partial charge < -0.3 is 16.0 Å². The molecular formula is C18H24ClN3O2S. The molecule has 1 aromatic heterocycles. The molecule has 1 saturated heterocycles. The van der Waals surface area contributed by atoms with Crippen LogP contribution >= 0.6 is 23.7 Å². The SMILES string of the molecule is Cl.NCCC(=O)NCC1CCCCN1C(=O)c1csc2ccccc12. The van der Waals surface area contributed by atoms with Crippen LogP contribution in [0.15, 0.2) is 29.6 Å². The summed E-state index contributed by atoms with van der Waals surface area (Å²) in [4.78, 5) is 26.7. The molecule has 0 saturated carbocycles. The summed E-state index contributed by atoms with van der Waals surface area (Å²) in [6.45, 7) is 1.60. The van der Waals surface area contributed by atoms with Crippen LogP contribution in [0.4, 0.5) is 0 Å². The fraction of sp³-hybridized carbons (Fsp3) is 0.444. The molecule has 2 aromatic rings. The fourth-order valence-corrected chi connectivity index (χ4v) is 4.16. The van der Waals surface area contributed by atoms with E-state index in [1.807, 2.05) is 34.5 Å². The molecule has 0 radical (unpaired) electrons. The molecule has 1 aliphatic heterocycles. The number of fused-ring (bicyclic) bond motifs is 1. The average molecular weight is 382 g/mol. The first-order chi connectivity index (χ1) is 11.7. The molecule has 1 unspecified atom stereocenters. The topological polar surface area (TPSA) is 75.4 Å². The van der Waals surface area contributed by atoms with Gasteiger partial charge in [-0.3, -0.25) is 9.59 Å². The quantitative estimate of drug-likeness (QED) is 0.836.